The van der Waals surface area contributed by atoms with Gasteiger partial charge in [0, 0.05) is 18.6 Å². The van der Waals surface area contributed by atoms with Crippen molar-refractivity contribution < 1.29 is 10.0 Å². The fourth-order valence-electron chi connectivity index (χ4n) is 3.13. The molecule has 0 radical (unpaired) electrons. The Morgan fingerprint density at radius 2 is 2.15 bits per heavy atom. The maximum Gasteiger partial charge on any atom is 0.234 e. The minimum atomic E-state index is -0.800. The van der Waals surface area contributed by atoms with Gasteiger partial charge in [-0.3, -0.25) is 9.69 Å². The first-order valence-electron chi connectivity index (χ1n) is 7.39. The molecule has 6 heteroatoms. The fourth-order valence-corrected chi connectivity index (χ4v) is 3.13. The van der Waals surface area contributed by atoms with E-state index in [1.54, 1.807) is 0 Å². The van der Waals surface area contributed by atoms with Crippen molar-refractivity contribution in [2.45, 2.75) is 51.6 Å². The molecule has 20 heavy (non-hydrogen) atoms. The third-order valence-electron chi connectivity index (χ3n) is 4.80. The Kier molecular flexibility index (Phi) is 4.22. The molecular formula is C14H26N4O2. The minimum absolute atomic E-state index is 0.0382. The standard InChI is InChI=1S/C14H26N4O2/c1-9-6-14(7-9,12(15)17-20)13(19)16-8-10(2)18(3)11-4-5-11/h9-11,20H,4-8H2,1-3H3,(H2,15,17)(H,16,19). The van der Waals surface area contributed by atoms with Crippen molar-refractivity contribution in [2.75, 3.05) is 13.6 Å². The molecule has 0 aliphatic heterocycles. The lowest BCUT2D eigenvalue weighted by molar-refractivity contribution is -0.133. The summed E-state index contributed by atoms with van der Waals surface area (Å²) in [4.78, 5) is 14.7. The van der Waals surface area contributed by atoms with Gasteiger partial charge in [0.25, 0.3) is 0 Å². The van der Waals surface area contributed by atoms with Crippen molar-refractivity contribution in [1.29, 1.82) is 0 Å². The largest absolute Gasteiger partial charge is 0.409 e. The summed E-state index contributed by atoms with van der Waals surface area (Å²) < 4.78 is 0. The van der Waals surface area contributed by atoms with E-state index >= 15 is 0 Å². The topological polar surface area (TPSA) is 91.0 Å². The second-order valence-electron chi connectivity index (χ2n) is 6.54. The van der Waals surface area contributed by atoms with Gasteiger partial charge in [-0.2, -0.15) is 0 Å². The summed E-state index contributed by atoms with van der Waals surface area (Å²) in [6.45, 7) is 4.78. The number of hydrogen-bond donors (Lipinski definition) is 3. The number of nitrogens with one attached hydrogen (secondary N) is 1. The highest BCUT2D eigenvalue weighted by atomic mass is 16.4. The van der Waals surface area contributed by atoms with Crippen molar-refractivity contribution >= 4 is 11.7 Å². The van der Waals surface area contributed by atoms with Crippen LogP contribution in [0, 0.1) is 11.3 Å². The van der Waals surface area contributed by atoms with E-state index in [0.717, 1.165) is 0 Å². The van der Waals surface area contributed by atoms with Gasteiger partial charge >= 0.3 is 0 Å². The van der Waals surface area contributed by atoms with Gasteiger partial charge in [-0.05, 0) is 45.6 Å². The molecule has 0 spiro atoms. The lowest BCUT2D eigenvalue weighted by Crippen LogP contribution is -2.58. The van der Waals surface area contributed by atoms with Gasteiger partial charge in [0.2, 0.25) is 5.91 Å². The third kappa shape index (κ3) is 2.75. The van der Waals surface area contributed by atoms with E-state index in [2.05, 4.69) is 36.3 Å². The van der Waals surface area contributed by atoms with Crippen molar-refractivity contribution in [3.8, 4) is 0 Å². The van der Waals surface area contributed by atoms with Crippen molar-refractivity contribution in [3.63, 3.8) is 0 Å². The van der Waals surface area contributed by atoms with Crippen LogP contribution in [0.15, 0.2) is 5.16 Å². The Morgan fingerprint density at radius 3 is 2.60 bits per heavy atom. The molecule has 0 aromatic carbocycles. The molecule has 2 saturated carbocycles. The zero-order valence-corrected chi connectivity index (χ0v) is 12.6. The van der Waals surface area contributed by atoms with E-state index in [0.29, 0.717) is 37.4 Å². The van der Waals surface area contributed by atoms with Crippen molar-refractivity contribution in [2.24, 2.45) is 22.2 Å². The highest BCUT2D eigenvalue weighted by molar-refractivity contribution is 6.07. The Balaban J connectivity index is 1.89. The van der Waals surface area contributed by atoms with E-state index < -0.39 is 5.41 Å². The molecule has 2 fully saturated rings. The highest BCUT2D eigenvalue weighted by Crippen LogP contribution is 2.45. The molecule has 114 valence electrons. The van der Waals surface area contributed by atoms with Crippen molar-refractivity contribution in [1.82, 2.24) is 10.2 Å². The molecular weight excluding hydrogens is 256 g/mol. The van der Waals surface area contributed by atoms with Gasteiger partial charge < -0.3 is 16.3 Å². The zero-order chi connectivity index (χ0) is 14.9. The van der Waals surface area contributed by atoms with Gasteiger partial charge in [0.05, 0.1) is 0 Å². The smallest absolute Gasteiger partial charge is 0.234 e. The maximum absolute atomic E-state index is 12.4. The number of carbonyl (C=O) groups excluding carboxylic acids is 1. The summed E-state index contributed by atoms with van der Waals surface area (Å²) in [7, 11) is 2.10. The maximum atomic E-state index is 12.4. The van der Waals surface area contributed by atoms with E-state index in [4.69, 9.17) is 10.9 Å². The molecule has 0 bridgehead atoms. The minimum Gasteiger partial charge on any atom is -0.409 e. The molecule has 2 aliphatic rings. The SMILES string of the molecule is CC1CC(C(=O)NCC(C)N(C)C2CC2)(C(N)=NO)C1. The molecule has 1 amide bonds. The number of nitrogens with two attached hydrogens (primary N) is 1. The molecule has 1 atom stereocenters. The average molecular weight is 282 g/mol. The average Bonchev–Trinajstić information content (AvgIpc) is 3.23. The number of carbonyl (C=O) groups is 1. The molecule has 4 N–H and O–H groups in total. The fraction of sp³-hybridized carbons (Fsp3) is 0.857. The number of oxime groups is 1. The summed E-state index contributed by atoms with van der Waals surface area (Å²) in [6, 6.07) is 0.969. The lowest BCUT2D eigenvalue weighted by atomic mass is 9.61. The van der Waals surface area contributed by atoms with Crippen LogP contribution in [0.3, 0.4) is 0 Å². The zero-order valence-electron chi connectivity index (χ0n) is 12.6. The highest BCUT2D eigenvalue weighted by Gasteiger charge is 2.52. The first kappa shape index (κ1) is 15.1. The second kappa shape index (κ2) is 5.60. The van der Waals surface area contributed by atoms with Crippen LogP contribution in [0.1, 0.15) is 39.5 Å². The third-order valence-corrected chi connectivity index (χ3v) is 4.80. The lowest BCUT2D eigenvalue weighted by Gasteiger charge is -2.44. The molecule has 0 heterocycles. The first-order chi connectivity index (χ1) is 9.40. The van der Waals surface area contributed by atoms with Crippen molar-refractivity contribution in [3.05, 3.63) is 0 Å². The summed E-state index contributed by atoms with van der Waals surface area (Å²) in [6.07, 6.45) is 3.81. The summed E-state index contributed by atoms with van der Waals surface area (Å²) in [5.41, 5.74) is 4.93. The van der Waals surface area contributed by atoms with E-state index in [1.165, 1.54) is 12.8 Å². The number of nitrogens with zero attached hydrogens (tertiary/aromatic N) is 2. The van der Waals surface area contributed by atoms with Crippen LogP contribution in [-0.4, -0.2) is 47.5 Å². The van der Waals surface area contributed by atoms with E-state index in [1.807, 2.05) is 0 Å². The molecule has 1 unspecified atom stereocenters. The normalized spacial score (nSPS) is 31.8. The van der Waals surface area contributed by atoms with Gasteiger partial charge in [-0.15, -0.1) is 0 Å². The van der Waals surface area contributed by atoms with Crippen LogP contribution in [0.2, 0.25) is 0 Å². The van der Waals surface area contributed by atoms with Crippen LogP contribution in [0.25, 0.3) is 0 Å². The van der Waals surface area contributed by atoms with Crippen LogP contribution in [0.4, 0.5) is 0 Å². The summed E-state index contributed by atoms with van der Waals surface area (Å²) in [5, 5.41) is 14.9. The monoisotopic (exact) mass is 282 g/mol. The van der Waals surface area contributed by atoms with Gasteiger partial charge in [0.1, 0.15) is 5.41 Å². The molecule has 6 nitrogen and oxygen atoms in total. The number of likely N-dealkylation sites (N-methyl/N-ethyl adjacent to an activating group) is 1. The summed E-state index contributed by atoms with van der Waals surface area (Å²) in [5.74, 6) is 0.367. The first-order valence-corrected chi connectivity index (χ1v) is 7.39. The molecule has 2 rings (SSSR count). The second-order valence-corrected chi connectivity index (χ2v) is 6.54. The van der Waals surface area contributed by atoms with Gasteiger partial charge in [-0.1, -0.05) is 12.1 Å². The quantitative estimate of drug-likeness (QED) is 0.290. The van der Waals surface area contributed by atoms with Gasteiger partial charge in [0.15, 0.2) is 5.84 Å². The van der Waals surface area contributed by atoms with Crippen LogP contribution < -0.4 is 11.1 Å². The Morgan fingerprint density at radius 1 is 1.55 bits per heavy atom. The number of amidine groups is 1. The molecule has 0 aromatic heterocycles. The van der Waals surface area contributed by atoms with Gasteiger partial charge in [-0.25, -0.2) is 0 Å². The number of hydrogen-bond acceptors (Lipinski definition) is 4. The number of rotatable bonds is 6. The number of amides is 1. The van der Waals surface area contributed by atoms with Crippen LogP contribution in [0.5, 0.6) is 0 Å². The van der Waals surface area contributed by atoms with Crippen LogP contribution in [-0.2, 0) is 4.79 Å². The predicted molar refractivity (Wildman–Crippen MR) is 77.5 cm³/mol. The van der Waals surface area contributed by atoms with E-state index in [9.17, 15) is 4.79 Å². The Hall–Kier alpha value is -1.30. The summed E-state index contributed by atoms with van der Waals surface area (Å²) >= 11 is 0. The molecule has 2 aliphatic carbocycles. The molecule has 0 saturated heterocycles. The Bertz CT molecular complexity index is 400. The van der Waals surface area contributed by atoms with Crippen LogP contribution >= 0.6 is 0 Å². The van der Waals surface area contributed by atoms with E-state index in [-0.39, 0.29) is 11.7 Å². The Labute approximate surface area is 120 Å². The molecule has 0 aromatic rings. The predicted octanol–water partition coefficient (Wildman–Crippen LogP) is 0.748.